The lowest BCUT2D eigenvalue weighted by Gasteiger charge is -2.16. The molecule has 2 atom stereocenters. The van der Waals surface area contributed by atoms with Crippen LogP contribution in [0.3, 0.4) is 0 Å². The number of fused-ring (bicyclic) bond motifs is 1. The first-order chi connectivity index (χ1) is 7.61. The first-order valence-corrected chi connectivity index (χ1v) is 5.50. The molecule has 1 aromatic rings. The number of carbonyl (C=O) groups excluding carboxylic acids is 1. The van der Waals surface area contributed by atoms with Crippen LogP contribution in [0.2, 0.25) is 0 Å². The summed E-state index contributed by atoms with van der Waals surface area (Å²) in [6, 6.07) is 5.13. The molecule has 5 heteroatoms. The Kier molecular flexibility index (Phi) is 3.14. The van der Waals surface area contributed by atoms with Crippen molar-refractivity contribution in [2.45, 2.75) is 18.6 Å². The molecule has 0 saturated carbocycles. The summed E-state index contributed by atoms with van der Waals surface area (Å²) in [7, 11) is 0. The molecule has 3 N–H and O–H groups in total. The van der Waals surface area contributed by atoms with E-state index in [1.807, 2.05) is 0 Å². The highest BCUT2D eigenvalue weighted by molar-refractivity contribution is 6.18. The second-order valence-electron chi connectivity index (χ2n) is 3.81. The van der Waals surface area contributed by atoms with Gasteiger partial charge in [-0.25, -0.2) is 0 Å². The van der Waals surface area contributed by atoms with Gasteiger partial charge in [0.15, 0.2) is 0 Å². The molecular formula is C11H12ClNO3. The number of aliphatic hydroxyl groups is 2. The summed E-state index contributed by atoms with van der Waals surface area (Å²) < 4.78 is 0. The zero-order valence-electron chi connectivity index (χ0n) is 8.48. The van der Waals surface area contributed by atoms with Crippen molar-refractivity contribution in [1.82, 2.24) is 0 Å². The minimum absolute atomic E-state index is 0.0371. The van der Waals surface area contributed by atoms with E-state index in [0.717, 1.165) is 5.56 Å². The standard InChI is InChI=1S/C11H12ClNO3/c12-5-9(14)11(16)7-2-1-6-4-10(15)13-8(6)3-7/h1-3,9,11,14,16H,4-5H2,(H,13,15). The van der Waals surface area contributed by atoms with Gasteiger partial charge in [0.2, 0.25) is 5.91 Å². The van der Waals surface area contributed by atoms with Crippen molar-refractivity contribution < 1.29 is 15.0 Å². The molecule has 1 aliphatic rings. The predicted molar refractivity (Wildman–Crippen MR) is 60.5 cm³/mol. The van der Waals surface area contributed by atoms with Crippen LogP contribution in [0.1, 0.15) is 17.2 Å². The third-order valence-corrected chi connectivity index (χ3v) is 2.94. The number of anilines is 1. The SMILES string of the molecule is O=C1Cc2ccc(C(O)C(O)CCl)cc2N1. The van der Waals surface area contributed by atoms with Gasteiger partial charge in [-0.2, -0.15) is 0 Å². The third-order valence-electron chi connectivity index (χ3n) is 2.62. The number of rotatable bonds is 3. The second kappa shape index (κ2) is 4.41. The highest BCUT2D eigenvalue weighted by Crippen LogP contribution is 2.28. The third kappa shape index (κ3) is 2.04. The molecule has 0 aromatic heterocycles. The van der Waals surface area contributed by atoms with Crippen LogP contribution in [0.5, 0.6) is 0 Å². The highest BCUT2D eigenvalue weighted by atomic mass is 35.5. The molecule has 0 fully saturated rings. The smallest absolute Gasteiger partial charge is 0.228 e. The normalized spacial score (nSPS) is 17.8. The second-order valence-corrected chi connectivity index (χ2v) is 4.12. The van der Waals surface area contributed by atoms with Crippen LogP contribution >= 0.6 is 11.6 Å². The van der Waals surface area contributed by atoms with E-state index in [2.05, 4.69) is 5.32 Å². The number of benzene rings is 1. The Morgan fingerprint density at radius 2 is 2.19 bits per heavy atom. The Hall–Kier alpha value is -1.10. The summed E-state index contributed by atoms with van der Waals surface area (Å²) in [6.45, 7) is 0. The Balaban J connectivity index is 2.25. The largest absolute Gasteiger partial charge is 0.389 e. The van der Waals surface area contributed by atoms with E-state index < -0.39 is 12.2 Å². The van der Waals surface area contributed by atoms with Gasteiger partial charge in [-0.1, -0.05) is 12.1 Å². The van der Waals surface area contributed by atoms with E-state index in [4.69, 9.17) is 11.6 Å². The molecular weight excluding hydrogens is 230 g/mol. The van der Waals surface area contributed by atoms with Crippen LogP contribution < -0.4 is 5.32 Å². The Morgan fingerprint density at radius 1 is 1.44 bits per heavy atom. The fraction of sp³-hybridized carbons (Fsp3) is 0.364. The molecule has 1 amide bonds. The summed E-state index contributed by atoms with van der Waals surface area (Å²) in [4.78, 5) is 11.1. The lowest BCUT2D eigenvalue weighted by Crippen LogP contribution is -2.19. The van der Waals surface area contributed by atoms with E-state index >= 15 is 0 Å². The van der Waals surface area contributed by atoms with Crippen molar-refractivity contribution in [2.24, 2.45) is 0 Å². The van der Waals surface area contributed by atoms with Crippen LogP contribution in [0.15, 0.2) is 18.2 Å². The average Bonchev–Trinajstić information content (AvgIpc) is 2.65. The molecule has 0 saturated heterocycles. The molecule has 4 nitrogen and oxygen atoms in total. The molecule has 0 aliphatic carbocycles. The number of nitrogens with one attached hydrogen (secondary N) is 1. The van der Waals surface area contributed by atoms with E-state index in [0.29, 0.717) is 17.7 Å². The van der Waals surface area contributed by atoms with Gasteiger partial charge in [-0.05, 0) is 17.2 Å². The zero-order valence-corrected chi connectivity index (χ0v) is 9.24. The first-order valence-electron chi connectivity index (χ1n) is 4.96. The van der Waals surface area contributed by atoms with Crippen LogP contribution in [0, 0.1) is 0 Å². The fourth-order valence-corrected chi connectivity index (χ4v) is 1.89. The first kappa shape index (κ1) is 11.4. The molecule has 0 spiro atoms. The molecule has 0 radical (unpaired) electrons. The molecule has 2 unspecified atom stereocenters. The van der Waals surface area contributed by atoms with Crippen molar-refractivity contribution in [3.8, 4) is 0 Å². The van der Waals surface area contributed by atoms with Gasteiger partial charge >= 0.3 is 0 Å². The van der Waals surface area contributed by atoms with Gasteiger partial charge in [0.05, 0.1) is 18.4 Å². The van der Waals surface area contributed by atoms with Crippen molar-refractivity contribution in [3.63, 3.8) is 0 Å². The topological polar surface area (TPSA) is 69.6 Å². The monoisotopic (exact) mass is 241 g/mol. The zero-order chi connectivity index (χ0) is 11.7. The summed E-state index contributed by atoms with van der Waals surface area (Å²) >= 11 is 5.46. The maximum atomic E-state index is 11.1. The van der Waals surface area contributed by atoms with E-state index in [-0.39, 0.29) is 11.8 Å². The predicted octanol–water partition coefficient (Wildman–Crippen LogP) is 0.814. The van der Waals surface area contributed by atoms with Gasteiger partial charge < -0.3 is 15.5 Å². The summed E-state index contributed by atoms with van der Waals surface area (Å²) in [5.41, 5.74) is 2.15. The Bertz CT molecular complexity index is 422. The number of hydrogen-bond donors (Lipinski definition) is 3. The molecule has 86 valence electrons. The molecule has 1 aromatic carbocycles. The average molecular weight is 242 g/mol. The molecule has 1 heterocycles. The van der Waals surface area contributed by atoms with E-state index in [1.54, 1.807) is 18.2 Å². The summed E-state index contributed by atoms with van der Waals surface area (Å²) in [5.74, 6) is -0.0931. The Labute approximate surface area is 97.9 Å². The molecule has 2 rings (SSSR count). The van der Waals surface area contributed by atoms with Gasteiger partial charge in [0, 0.05) is 5.69 Å². The van der Waals surface area contributed by atoms with Gasteiger partial charge in [-0.3, -0.25) is 4.79 Å². The van der Waals surface area contributed by atoms with Crippen molar-refractivity contribution >= 4 is 23.2 Å². The van der Waals surface area contributed by atoms with Gasteiger partial charge in [0.1, 0.15) is 6.10 Å². The van der Waals surface area contributed by atoms with Crippen LogP contribution in [-0.4, -0.2) is 28.1 Å². The van der Waals surface area contributed by atoms with E-state index in [1.165, 1.54) is 0 Å². The number of halogens is 1. The summed E-state index contributed by atoms with van der Waals surface area (Å²) in [6.07, 6.45) is -1.67. The molecule has 1 aliphatic heterocycles. The van der Waals surface area contributed by atoms with Crippen LogP contribution in [-0.2, 0) is 11.2 Å². The van der Waals surface area contributed by atoms with E-state index in [9.17, 15) is 15.0 Å². The molecule has 16 heavy (non-hydrogen) atoms. The minimum Gasteiger partial charge on any atom is -0.389 e. The van der Waals surface area contributed by atoms with Crippen LogP contribution in [0.25, 0.3) is 0 Å². The maximum absolute atomic E-state index is 11.1. The van der Waals surface area contributed by atoms with Crippen molar-refractivity contribution in [2.75, 3.05) is 11.2 Å². The van der Waals surface area contributed by atoms with Crippen molar-refractivity contribution in [1.29, 1.82) is 0 Å². The van der Waals surface area contributed by atoms with Gasteiger partial charge in [0.25, 0.3) is 0 Å². The minimum atomic E-state index is -1.03. The number of amides is 1. The van der Waals surface area contributed by atoms with Gasteiger partial charge in [-0.15, -0.1) is 11.6 Å². The number of carbonyl (C=O) groups is 1. The lowest BCUT2D eigenvalue weighted by molar-refractivity contribution is -0.115. The fourth-order valence-electron chi connectivity index (χ4n) is 1.72. The summed E-state index contributed by atoms with van der Waals surface area (Å²) in [5, 5.41) is 21.8. The molecule has 0 bridgehead atoms. The number of hydrogen-bond acceptors (Lipinski definition) is 3. The highest BCUT2D eigenvalue weighted by Gasteiger charge is 2.22. The quantitative estimate of drug-likeness (QED) is 0.686. The Morgan fingerprint density at radius 3 is 2.88 bits per heavy atom. The number of aliphatic hydroxyl groups excluding tert-OH is 2. The number of alkyl halides is 1. The van der Waals surface area contributed by atoms with Crippen LogP contribution in [0.4, 0.5) is 5.69 Å². The maximum Gasteiger partial charge on any atom is 0.228 e. The van der Waals surface area contributed by atoms with Crippen molar-refractivity contribution in [3.05, 3.63) is 29.3 Å². The lowest BCUT2D eigenvalue weighted by atomic mass is 10.0.